The van der Waals surface area contributed by atoms with Crippen molar-refractivity contribution in [3.8, 4) is 0 Å². The number of urea groups is 1. The number of nitrogens with one attached hydrogen (secondary N) is 3. The van der Waals surface area contributed by atoms with Gasteiger partial charge in [-0.2, -0.15) is 0 Å². The summed E-state index contributed by atoms with van der Waals surface area (Å²) in [6.45, 7) is 1.96. The molecule has 1 heterocycles. The maximum absolute atomic E-state index is 12.2. The molecule has 3 amide bonds. The van der Waals surface area contributed by atoms with Gasteiger partial charge in [-0.3, -0.25) is 10.1 Å². The van der Waals surface area contributed by atoms with Gasteiger partial charge in [0, 0.05) is 16.8 Å². The summed E-state index contributed by atoms with van der Waals surface area (Å²) in [5.41, 5.74) is 2.66. The number of carbonyl (C=O) groups is 2. The lowest BCUT2D eigenvalue weighted by Crippen LogP contribution is -2.19. The van der Waals surface area contributed by atoms with E-state index in [1.807, 2.05) is 19.1 Å². The normalized spacial score (nSPS) is 11.0. The molecule has 0 aliphatic carbocycles. The highest BCUT2D eigenvalue weighted by Gasteiger charge is 2.12. The summed E-state index contributed by atoms with van der Waals surface area (Å²) in [5.74, 6) is -0.334. The average molecular weight is 446 g/mol. The zero-order valence-electron chi connectivity index (χ0n) is 15.9. The Labute approximate surface area is 177 Å². The van der Waals surface area contributed by atoms with Crippen molar-refractivity contribution < 1.29 is 18.0 Å². The summed E-state index contributed by atoms with van der Waals surface area (Å²) < 4.78 is 22.5. The van der Waals surface area contributed by atoms with Gasteiger partial charge in [0.2, 0.25) is 15.9 Å². The Morgan fingerprint density at radius 1 is 0.967 bits per heavy atom. The van der Waals surface area contributed by atoms with E-state index in [1.54, 1.807) is 17.5 Å². The van der Waals surface area contributed by atoms with Gasteiger partial charge in [-0.25, -0.2) is 23.3 Å². The Balaban J connectivity index is 1.52. The van der Waals surface area contributed by atoms with Crippen LogP contribution < -0.4 is 21.1 Å². The topological polar surface area (TPSA) is 143 Å². The fourth-order valence-corrected chi connectivity index (χ4v) is 3.66. The summed E-state index contributed by atoms with van der Waals surface area (Å²) in [4.78, 5) is 28.4. The Hall–Kier alpha value is -3.28. The molecular formula is C19H19N5O4S2. The number of nitrogens with two attached hydrogens (primary N) is 1. The first-order chi connectivity index (χ1) is 14.2. The van der Waals surface area contributed by atoms with Crippen molar-refractivity contribution >= 4 is 49.8 Å². The molecule has 2 aromatic carbocycles. The number of nitrogens with zero attached hydrogens (tertiary/aromatic N) is 1. The molecule has 0 aliphatic heterocycles. The minimum Gasteiger partial charge on any atom is -0.326 e. The van der Waals surface area contributed by atoms with Crippen LogP contribution in [-0.4, -0.2) is 25.3 Å². The SMILES string of the molecule is Cc1ccc(NC(=O)Nc2nc(CC(=O)Nc3ccc(S(N)(=O)=O)cc3)cs2)cc1. The molecule has 5 N–H and O–H groups in total. The van der Waals surface area contributed by atoms with Gasteiger partial charge in [0.25, 0.3) is 0 Å². The van der Waals surface area contributed by atoms with Crippen molar-refractivity contribution in [1.29, 1.82) is 0 Å². The van der Waals surface area contributed by atoms with Crippen LogP contribution in [0, 0.1) is 6.92 Å². The van der Waals surface area contributed by atoms with Gasteiger partial charge in [0.05, 0.1) is 17.0 Å². The predicted octanol–water partition coefficient (Wildman–Crippen LogP) is 2.92. The predicted molar refractivity (Wildman–Crippen MR) is 116 cm³/mol. The number of benzene rings is 2. The van der Waals surface area contributed by atoms with E-state index in [1.165, 1.54) is 35.6 Å². The van der Waals surface area contributed by atoms with Crippen LogP contribution in [0.5, 0.6) is 0 Å². The molecule has 0 unspecified atom stereocenters. The number of sulfonamides is 1. The zero-order valence-corrected chi connectivity index (χ0v) is 17.5. The number of primary sulfonamides is 1. The van der Waals surface area contributed by atoms with Crippen LogP contribution in [0.4, 0.5) is 21.3 Å². The van der Waals surface area contributed by atoms with Crippen LogP contribution in [-0.2, 0) is 21.2 Å². The second-order valence-corrected chi connectivity index (χ2v) is 8.80. The number of carbonyl (C=O) groups excluding carboxylic acids is 2. The molecule has 0 bridgehead atoms. The number of aromatic nitrogens is 1. The maximum Gasteiger partial charge on any atom is 0.325 e. The summed E-state index contributed by atoms with van der Waals surface area (Å²) in [6, 6.07) is 12.4. The number of thiazole rings is 1. The van der Waals surface area contributed by atoms with Crippen molar-refractivity contribution in [1.82, 2.24) is 4.98 Å². The van der Waals surface area contributed by atoms with Gasteiger partial charge in [0.1, 0.15) is 0 Å². The fourth-order valence-electron chi connectivity index (χ4n) is 2.44. The third kappa shape index (κ3) is 6.11. The Morgan fingerprint density at radius 3 is 2.20 bits per heavy atom. The van der Waals surface area contributed by atoms with Crippen LogP contribution in [0.15, 0.2) is 58.8 Å². The van der Waals surface area contributed by atoms with Gasteiger partial charge in [0.15, 0.2) is 5.13 Å². The van der Waals surface area contributed by atoms with Crippen LogP contribution in [0.1, 0.15) is 11.3 Å². The third-order valence-corrected chi connectivity index (χ3v) is 5.63. The van der Waals surface area contributed by atoms with E-state index in [-0.39, 0.29) is 17.2 Å². The zero-order chi connectivity index (χ0) is 21.7. The second-order valence-electron chi connectivity index (χ2n) is 6.38. The first-order valence-corrected chi connectivity index (χ1v) is 11.1. The monoisotopic (exact) mass is 445 g/mol. The molecular weight excluding hydrogens is 426 g/mol. The number of hydrogen-bond donors (Lipinski definition) is 4. The van der Waals surface area contributed by atoms with E-state index < -0.39 is 16.1 Å². The molecule has 1 aromatic heterocycles. The van der Waals surface area contributed by atoms with Gasteiger partial charge in [-0.1, -0.05) is 17.7 Å². The first kappa shape index (κ1) is 21.4. The molecule has 156 valence electrons. The van der Waals surface area contributed by atoms with Gasteiger partial charge in [-0.15, -0.1) is 11.3 Å². The van der Waals surface area contributed by atoms with Crippen molar-refractivity contribution in [2.75, 3.05) is 16.0 Å². The molecule has 9 nitrogen and oxygen atoms in total. The standard InChI is InChI=1S/C19H19N5O4S2/c1-12-2-4-14(5-3-12)22-18(26)24-19-23-15(11-29-19)10-17(25)21-13-6-8-16(9-7-13)30(20,27)28/h2-9,11H,10H2,1H3,(H,21,25)(H2,20,27,28)(H2,22,23,24,26). The average Bonchev–Trinajstić information content (AvgIpc) is 3.09. The van der Waals surface area contributed by atoms with Crippen molar-refractivity contribution in [3.63, 3.8) is 0 Å². The lowest BCUT2D eigenvalue weighted by Gasteiger charge is -2.06. The lowest BCUT2D eigenvalue weighted by atomic mass is 10.2. The maximum atomic E-state index is 12.2. The van der Waals surface area contributed by atoms with E-state index in [0.717, 1.165) is 5.56 Å². The van der Waals surface area contributed by atoms with E-state index in [9.17, 15) is 18.0 Å². The number of aryl methyl sites for hydroxylation is 1. The number of hydrogen-bond acceptors (Lipinski definition) is 6. The smallest absolute Gasteiger partial charge is 0.325 e. The molecule has 0 spiro atoms. The first-order valence-electron chi connectivity index (χ1n) is 8.71. The largest absolute Gasteiger partial charge is 0.326 e. The van der Waals surface area contributed by atoms with Crippen LogP contribution >= 0.6 is 11.3 Å². The molecule has 0 saturated heterocycles. The van der Waals surface area contributed by atoms with Crippen LogP contribution in [0.3, 0.4) is 0 Å². The minimum atomic E-state index is -3.79. The van der Waals surface area contributed by atoms with E-state index >= 15 is 0 Å². The highest BCUT2D eigenvalue weighted by molar-refractivity contribution is 7.89. The molecule has 3 aromatic rings. The molecule has 0 aliphatic rings. The summed E-state index contributed by atoms with van der Waals surface area (Å²) >= 11 is 1.20. The number of amides is 3. The molecule has 0 radical (unpaired) electrons. The molecule has 30 heavy (non-hydrogen) atoms. The number of rotatable bonds is 6. The van der Waals surface area contributed by atoms with E-state index in [4.69, 9.17) is 5.14 Å². The van der Waals surface area contributed by atoms with Crippen molar-refractivity contribution in [2.45, 2.75) is 18.2 Å². The van der Waals surface area contributed by atoms with Gasteiger partial charge < -0.3 is 10.6 Å². The molecule has 0 fully saturated rings. The summed E-state index contributed by atoms with van der Waals surface area (Å²) in [7, 11) is -3.79. The molecule has 3 rings (SSSR count). The highest BCUT2D eigenvalue weighted by atomic mass is 32.2. The minimum absolute atomic E-state index is 0.00526. The summed E-state index contributed by atoms with van der Waals surface area (Å²) in [5, 5.41) is 15.0. The Kier molecular flexibility index (Phi) is 6.45. The van der Waals surface area contributed by atoms with Crippen molar-refractivity contribution in [2.24, 2.45) is 5.14 Å². The van der Waals surface area contributed by atoms with Gasteiger partial charge in [-0.05, 0) is 43.3 Å². The van der Waals surface area contributed by atoms with Crippen LogP contribution in [0.25, 0.3) is 0 Å². The quantitative estimate of drug-likeness (QED) is 0.461. The lowest BCUT2D eigenvalue weighted by molar-refractivity contribution is -0.115. The fraction of sp³-hybridized carbons (Fsp3) is 0.105. The molecule has 0 atom stereocenters. The third-order valence-electron chi connectivity index (χ3n) is 3.89. The van der Waals surface area contributed by atoms with Gasteiger partial charge >= 0.3 is 6.03 Å². The highest BCUT2D eigenvalue weighted by Crippen LogP contribution is 2.18. The Morgan fingerprint density at radius 2 is 1.57 bits per heavy atom. The van der Waals surface area contributed by atoms with Crippen LogP contribution in [0.2, 0.25) is 0 Å². The molecule has 0 saturated carbocycles. The van der Waals surface area contributed by atoms with E-state index in [2.05, 4.69) is 20.9 Å². The second kappa shape index (κ2) is 9.03. The summed E-state index contributed by atoms with van der Waals surface area (Å²) in [6.07, 6.45) is -0.00526. The van der Waals surface area contributed by atoms with Crippen molar-refractivity contribution in [3.05, 3.63) is 65.2 Å². The molecule has 11 heteroatoms. The number of anilines is 3. The van der Waals surface area contributed by atoms with E-state index in [0.29, 0.717) is 22.2 Å². The Bertz CT molecular complexity index is 1160.